The molecule has 0 radical (unpaired) electrons. The maximum absolute atomic E-state index is 9.59. The quantitative estimate of drug-likeness (QED) is 0.843. The lowest BCUT2D eigenvalue weighted by Gasteiger charge is -2.27. The molecule has 0 amide bonds. The molecule has 1 unspecified atom stereocenters. The summed E-state index contributed by atoms with van der Waals surface area (Å²) >= 11 is 0. The summed E-state index contributed by atoms with van der Waals surface area (Å²) in [6.07, 6.45) is 5.81. The highest BCUT2D eigenvalue weighted by Crippen LogP contribution is 2.18. The largest absolute Gasteiger partial charge is 0.395 e. The van der Waals surface area contributed by atoms with E-state index < -0.39 is 0 Å². The Bertz CT molecular complexity index is 438. The standard InChI is InChI=1S/C16H28N4O/c1-3-8-17-15-10-13(2)18-16(19-15)11-20-9-6-4-5-7-14(20)12-21/h10,14,21H,3-9,11-12H2,1-2H3,(H,17,18,19). The molecule has 0 bridgehead atoms. The monoisotopic (exact) mass is 292 g/mol. The smallest absolute Gasteiger partial charge is 0.144 e. The Morgan fingerprint density at radius 3 is 2.95 bits per heavy atom. The van der Waals surface area contributed by atoms with Crippen molar-refractivity contribution in [2.45, 2.75) is 58.5 Å². The highest BCUT2D eigenvalue weighted by Gasteiger charge is 2.21. The van der Waals surface area contributed by atoms with E-state index in [-0.39, 0.29) is 12.6 Å². The molecular formula is C16H28N4O. The summed E-state index contributed by atoms with van der Waals surface area (Å²) < 4.78 is 0. The number of aliphatic hydroxyl groups excluding tert-OH is 1. The van der Waals surface area contributed by atoms with Gasteiger partial charge in [0, 0.05) is 24.3 Å². The molecule has 1 aromatic rings. The third-order valence-electron chi connectivity index (χ3n) is 4.01. The number of aliphatic hydroxyl groups is 1. The van der Waals surface area contributed by atoms with Gasteiger partial charge in [-0.3, -0.25) is 4.90 Å². The number of aryl methyl sites for hydroxylation is 1. The van der Waals surface area contributed by atoms with E-state index in [0.29, 0.717) is 0 Å². The lowest BCUT2D eigenvalue weighted by molar-refractivity contribution is 0.116. The first-order valence-corrected chi connectivity index (χ1v) is 8.16. The molecular weight excluding hydrogens is 264 g/mol. The lowest BCUT2D eigenvalue weighted by atomic mass is 10.1. The summed E-state index contributed by atoms with van der Waals surface area (Å²) in [7, 11) is 0. The third-order valence-corrected chi connectivity index (χ3v) is 4.01. The Hall–Kier alpha value is -1.20. The first-order valence-electron chi connectivity index (χ1n) is 8.16. The zero-order valence-electron chi connectivity index (χ0n) is 13.3. The minimum absolute atomic E-state index is 0.229. The molecule has 1 fully saturated rings. The van der Waals surface area contributed by atoms with Crippen LogP contribution in [-0.2, 0) is 6.54 Å². The molecule has 1 aliphatic heterocycles. The second-order valence-electron chi connectivity index (χ2n) is 5.89. The van der Waals surface area contributed by atoms with Crippen LogP contribution in [0.4, 0.5) is 5.82 Å². The Morgan fingerprint density at radius 2 is 2.19 bits per heavy atom. The summed E-state index contributed by atoms with van der Waals surface area (Å²) in [5, 5.41) is 12.9. The molecule has 1 saturated heterocycles. The molecule has 1 aromatic heterocycles. The number of aromatic nitrogens is 2. The Balaban J connectivity index is 2.07. The number of hydrogen-bond donors (Lipinski definition) is 2. The average Bonchev–Trinajstić information content (AvgIpc) is 2.69. The fraction of sp³-hybridized carbons (Fsp3) is 0.750. The van der Waals surface area contributed by atoms with E-state index in [1.807, 2.05) is 13.0 Å². The van der Waals surface area contributed by atoms with E-state index in [4.69, 9.17) is 0 Å². The second kappa shape index (κ2) is 8.29. The maximum atomic E-state index is 9.59. The van der Waals surface area contributed by atoms with Crippen LogP contribution in [0.3, 0.4) is 0 Å². The summed E-state index contributed by atoms with van der Waals surface area (Å²) in [6, 6.07) is 2.24. The molecule has 1 atom stereocenters. The summed E-state index contributed by atoms with van der Waals surface area (Å²) in [5.74, 6) is 1.77. The van der Waals surface area contributed by atoms with Crippen molar-refractivity contribution >= 4 is 5.82 Å². The van der Waals surface area contributed by atoms with Crippen molar-refractivity contribution in [1.82, 2.24) is 14.9 Å². The van der Waals surface area contributed by atoms with Crippen molar-refractivity contribution < 1.29 is 5.11 Å². The molecule has 5 nitrogen and oxygen atoms in total. The van der Waals surface area contributed by atoms with Crippen LogP contribution in [-0.4, -0.2) is 45.7 Å². The van der Waals surface area contributed by atoms with E-state index in [1.54, 1.807) is 0 Å². The molecule has 0 saturated carbocycles. The van der Waals surface area contributed by atoms with Gasteiger partial charge in [-0.15, -0.1) is 0 Å². The lowest BCUT2D eigenvalue weighted by Crippen LogP contribution is -2.37. The first-order chi connectivity index (χ1) is 10.2. The van der Waals surface area contributed by atoms with E-state index in [0.717, 1.165) is 49.8 Å². The maximum Gasteiger partial charge on any atom is 0.144 e. The van der Waals surface area contributed by atoms with Gasteiger partial charge in [0.2, 0.25) is 0 Å². The van der Waals surface area contributed by atoms with E-state index in [1.165, 1.54) is 19.3 Å². The average molecular weight is 292 g/mol. The first kappa shape index (κ1) is 16.2. The highest BCUT2D eigenvalue weighted by molar-refractivity contribution is 5.35. The van der Waals surface area contributed by atoms with Crippen LogP contribution in [0, 0.1) is 6.92 Å². The Morgan fingerprint density at radius 1 is 1.33 bits per heavy atom. The van der Waals surface area contributed by atoms with Crippen LogP contribution >= 0.6 is 0 Å². The van der Waals surface area contributed by atoms with Crippen molar-refractivity contribution in [3.8, 4) is 0 Å². The summed E-state index contributed by atoms with van der Waals surface area (Å²) in [5.41, 5.74) is 0.994. The fourth-order valence-electron chi connectivity index (χ4n) is 2.88. The van der Waals surface area contributed by atoms with Crippen molar-refractivity contribution in [2.24, 2.45) is 0 Å². The second-order valence-corrected chi connectivity index (χ2v) is 5.89. The molecule has 5 heteroatoms. The number of rotatable bonds is 6. The van der Waals surface area contributed by atoms with Gasteiger partial charge in [-0.25, -0.2) is 9.97 Å². The number of hydrogen-bond acceptors (Lipinski definition) is 5. The van der Waals surface area contributed by atoms with Crippen LogP contribution in [0.1, 0.15) is 50.5 Å². The van der Waals surface area contributed by atoms with Gasteiger partial charge in [0.15, 0.2) is 0 Å². The third kappa shape index (κ3) is 4.93. The number of nitrogens with zero attached hydrogens (tertiary/aromatic N) is 3. The molecule has 1 aliphatic rings. The van der Waals surface area contributed by atoms with Crippen LogP contribution < -0.4 is 5.32 Å². The van der Waals surface area contributed by atoms with Gasteiger partial charge >= 0.3 is 0 Å². The van der Waals surface area contributed by atoms with Crippen LogP contribution in [0.15, 0.2) is 6.07 Å². The van der Waals surface area contributed by atoms with Crippen molar-refractivity contribution in [3.05, 3.63) is 17.6 Å². The van der Waals surface area contributed by atoms with Crippen molar-refractivity contribution in [1.29, 1.82) is 0 Å². The van der Waals surface area contributed by atoms with Gasteiger partial charge in [0.1, 0.15) is 11.6 Å². The molecule has 21 heavy (non-hydrogen) atoms. The van der Waals surface area contributed by atoms with E-state index in [2.05, 4.69) is 27.1 Å². The number of likely N-dealkylation sites (tertiary alicyclic amines) is 1. The van der Waals surface area contributed by atoms with Gasteiger partial charge in [-0.2, -0.15) is 0 Å². The molecule has 0 aliphatic carbocycles. The molecule has 2 heterocycles. The molecule has 118 valence electrons. The van der Waals surface area contributed by atoms with Gasteiger partial charge < -0.3 is 10.4 Å². The predicted octanol–water partition coefficient (Wildman–Crippen LogP) is 2.34. The highest BCUT2D eigenvalue weighted by atomic mass is 16.3. The predicted molar refractivity (Wildman–Crippen MR) is 85.3 cm³/mol. The number of anilines is 1. The number of nitrogens with one attached hydrogen (secondary N) is 1. The Kier molecular flexibility index (Phi) is 6.39. The normalized spacial score (nSPS) is 20.2. The fourth-order valence-corrected chi connectivity index (χ4v) is 2.88. The van der Waals surface area contributed by atoms with Crippen LogP contribution in [0.25, 0.3) is 0 Å². The van der Waals surface area contributed by atoms with Crippen LogP contribution in [0.2, 0.25) is 0 Å². The zero-order chi connectivity index (χ0) is 15.1. The van der Waals surface area contributed by atoms with Crippen molar-refractivity contribution in [3.63, 3.8) is 0 Å². The van der Waals surface area contributed by atoms with E-state index >= 15 is 0 Å². The minimum atomic E-state index is 0.229. The van der Waals surface area contributed by atoms with Crippen LogP contribution in [0.5, 0.6) is 0 Å². The minimum Gasteiger partial charge on any atom is -0.395 e. The zero-order valence-corrected chi connectivity index (χ0v) is 13.3. The molecule has 0 aromatic carbocycles. The van der Waals surface area contributed by atoms with Gasteiger partial charge in [0.25, 0.3) is 0 Å². The molecule has 0 spiro atoms. The SMILES string of the molecule is CCCNc1cc(C)nc(CN2CCCCCC2CO)n1. The summed E-state index contributed by atoms with van der Waals surface area (Å²) in [6.45, 7) is 7.07. The summed E-state index contributed by atoms with van der Waals surface area (Å²) in [4.78, 5) is 11.5. The topological polar surface area (TPSA) is 61.3 Å². The molecule has 2 N–H and O–H groups in total. The Labute approximate surface area is 127 Å². The molecule has 2 rings (SSSR count). The van der Waals surface area contributed by atoms with E-state index in [9.17, 15) is 5.11 Å². The van der Waals surface area contributed by atoms with Gasteiger partial charge in [-0.05, 0) is 32.7 Å². The van der Waals surface area contributed by atoms with Crippen molar-refractivity contribution in [2.75, 3.05) is 25.0 Å². The van der Waals surface area contributed by atoms with Gasteiger partial charge in [-0.1, -0.05) is 19.8 Å². The van der Waals surface area contributed by atoms with Gasteiger partial charge in [0.05, 0.1) is 13.2 Å².